The van der Waals surface area contributed by atoms with Gasteiger partial charge in [0.1, 0.15) is 5.82 Å². The quantitative estimate of drug-likeness (QED) is 0.768. The van der Waals surface area contributed by atoms with Crippen LogP contribution in [0.4, 0.5) is 10.1 Å². The Morgan fingerprint density at radius 2 is 1.77 bits per heavy atom. The predicted molar refractivity (Wildman–Crippen MR) is 91.4 cm³/mol. The molecule has 116 valence electrons. The molecule has 0 saturated heterocycles. The van der Waals surface area contributed by atoms with Gasteiger partial charge in [-0.1, -0.05) is 6.07 Å². The Hall–Kier alpha value is -1.83. The second kappa shape index (κ2) is 6.95. The maximum Gasteiger partial charge on any atom is 0.256 e. The lowest BCUT2D eigenvalue weighted by Gasteiger charge is -2.12. The molecule has 2 aromatic rings. The second-order valence-corrected chi connectivity index (χ2v) is 5.77. The number of carbonyl (C=O) groups excluding carboxylic acids is 1. The number of carbonyl (C=O) groups is 1. The van der Waals surface area contributed by atoms with Crippen LogP contribution >= 0.6 is 22.6 Å². The lowest BCUT2D eigenvalue weighted by Crippen LogP contribution is -2.14. The summed E-state index contributed by atoms with van der Waals surface area (Å²) in [4.78, 5) is 12.4. The number of nitrogens with one attached hydrogen (secondary N) is 1. The summed E-state index contributed by atoms with van der Waals surface area (Å²) in [5.74, 6) is 0.307. The van der Waals surface area contributed by atoms with Gasteiger partial charge < -0.3 is 14.8 Å². The van der Waals surface area contributed by atoms with E-state index in [9.17, 15) is 9.18 Å². The van der Waals surface area contributed by atoms with E-state index in [2.05, 4.69) is 5.32 Å². The van der Waals surface area contributed by atoms with Gasteiger partial charge in [-0.3, -0.25) is 4.79 Å². The molecule has 22 heavy (non-hydrogen) atoms. The molecule has 0 saturated carbocycles. The summed E-state index contributed by atoms with van der Waals surface area (Å²) in [6.07, 6.45) is 0. The smallest absolute Gasteiger partial charge is 0.256 e. The molecule has 0 aromatic heterocycles. The zero-order chi connectivity index (χ0) is 16.3. The maximum atomic E-state index is 13.5. The molecule has 0 atom stereocenters. The van der Waals surface area contributed by atoms with E-state index in [1.807, 2.05) is 22.6 Å². The number of hydrogen-bond acceptors (Lipinski definition) is 3. The van der Waals surface area contributed by atoms with Gasteiger partial charge in [0.25, 0.3) is 5.91 Å². The number of benzene rings is 2. The molecule has 0 fully saturated rings. The minimum Gasteiger partial charge on any atom is -0.493 e. The third-order valence-electron chi connectivity index (χ3n) is 3.15. The highest BCUT2D eigenvalue weighted by Gasteiger charge is 2.16. The van der Waals surface area contributed by atoms with E-state index in [1.165, 1.54) is 20.3 Å². The van der Waals surface area contributed by atoms with Gasteiger partial charge in [0.05, 0.1) is 19.8 Å². The summed E-state index contributed by atoms with van der Waals surface area (Å²) >= 11 is 2.04. The summed E-state index contributed by atoms with van der Waals surface area (Å²) < 4.78 is 24.6. The number of amides is 1. The molecule has 0 aliphatic heterocycles. The van der Waals surface area contributed by atoms with Gasteiger partial charge in [-0.25, -0.2) is 4.39 Å². The van der Waals surface area contributed by atoms with Crippen molar-refractivity contribution in [3.63, 3.8) is 0 Å². The van der Waals surface area contributed by atoms with Crippen LogP contribution in [0.1, 0.15) is 15.9 Å². The van der Waals surface area contributed by atoms with Gasteiger partial charge in [-0.2, -0.15) is 0 Å². The number of anilines is 1. The van der Waals surface area contributed by atoms with Gasteiger partial charge >= 0.3 is 0 Å². The third-order valence-corrected chi connectivity index (χ3v) is 4.04. The van der Waals surface area contributed by atoms with E-state index >= 15 is 0 Å². The molecular formula is C16H15FINO3. The highest BCUT2D eigenvalue weighted by Crippen LogP contribution is 2.31. The van der Waals surface area contributed by atoms with Crippen LogP contribution in [0.15, 0.2) is 30.3 Å². The van der Waals surface area contributed by atoms with Crippen LogP contribution in [0.5, 0.6) is 11.5 Å². The fourth-order valence-electron chi connectivity index (χ4n) is 1.90. The van der Waals surface area contributed by atoms with Gasteiger partial charge in [-0.15, -0.1) is 0 Å². The zero-order valence-corrected chi connectivity index (χ0v) is 14.5. The van der Waals surface area contributed by atoms with Crippen LogP contribution in [0.3, 0.4) is 0 Å². The Labute approximate surface area is 141 Å². The van der Waals surface area contributed by atoms with Crippen molar-refractivity contribution in [3.05, 3.63) is 50.8 Å². The molecule has 6 heteroatoms. The van der Waals surface area contributed by atoms with Crippen LogP contribution in [0.2, 0.25) is 0 Å². The Kier molecular flexibility index (Phi) is 5.23. The number of aryl methyl sites for hydroxylation is 1. The number of ether oxygens (including phenoxy) is 2. The highest BCUT2D eigenvalue weighted by atomic mass is 127. The van der Waals surface area contributed by atoms with Gasteiger partial charge in [0, 0.05) is 9.26 Å². The van der Waals surface area contributed by atoms with Crippen LogP contribution < -0.4 is 14.8 Å². The Bertz CT molecular complexity index is 719. The summed E-state index contributed by atoms with van der Waals surface area (Å²) in [5.41, 5.74) is 1.36. The largest absolute Gasteiger partial charge is 0.493 e. The maximum absolute atomic E-state index is 13.5. The van der Waals surface area contributed by atoms with Crippen molar-refractivity contribution in [3.8, 4) is 11.5 Å². The summed E-state index contributed by atoms with van der Waals surface area (Å²) in [5, 5.41) is 2.68. The fraction of sp³-hybridized carbons (Fsp3) is 0.188. The Morgan fingerprint density at radius 3 is 2.36 bits per heavy atom. The number of hydrogen-bond donors (Lipinski definition) is 1. The number of halogens is 2. The SMILES string of the molecule is COc1cc(I)c(C(=O)Nc2ccc(C)c(F)c2)cc1OC. The van der Waals surface area contributed by atoms with Crippen molar-refractivity contribution in [2.24, 2.45) is 0 Å². The van der Waals surface area contributed by atoms with Gasteiger partial charge in [0.2, 0.25) is 0 Å². The minimum atomic E-state index is -0.361. The fourth-order valence-corrected chi connectivity index (χ4v) is 2.58. The topological polar surface area (TPSA) is 47.6 Å². The lowest BCUT2D eigenvalue weighted by molar-refractivity contribution is 0.102. The molecule has 0 unspecified atom stereocenters. The first-order valence-electron chi connectivity index (χ1n) is 6.45. The molecule has 2 rings (SSSR count). The van der Waals surface area contributed by atoms with Crippen molar-refractivity contribution in [1.29, 1.82) is 0 Å². The molecule has 0 aliphatic rings. The summed E-state index contributed by atoms with van der Waals surface area (Å²) in [6.45, 7) is 1.66. The predicted octanol–water partition coefficient (Wildman–Crippen LogP) is 4.01. The van der Waals surface area contributed by atoms with E-state index in [0.29, 0.717) is 31.9 Å². The molecule has 1 amide bonds. The molecule has 1 N–H and O–H groups in total. The average Bonchev–Trinajstić information content (AvgIpc) is 2.50. The van der Waals surface area contributed by atoms with Crippen molar-refractivity contribution in [2.45, 2.75) is 6.92 Å². The van der Waals surface area contributed by atoms with Crippen LogP contribution in [-0.2, 0) is 0 Å². The average molecular weight is 415 g/mol. The van der Waals surface area contributed by atoms with Crippen LogP contribution in [-0.4, -0.2) is 20.1 Å². The van der Waals surface area contributed by atoms with Crippen molar-refractivity contribution in [2.75, 3.05) is 19.5 Å². The summed E-state index contributed by atoms with van der Waals surface area (Å²) in [6, 6.07) is 7.87. The van der Waals surface area contributed by atoms with Gasteiger partial charge in [0.15, 0.2) is 11.5 Å². The second-order valence-electron chi connectivity index (χ2n) is 4.61. The molecule has 0 radical (unpaired) electrons. The first-order chi connectivity index (χ1) is 10.5. The highest BCUT2D eigenvalue weighted by molar-refractivity contribution is 14.1. The standard InChI is InChI=1S/C16H15FINO3/c1-9-4-5-10(6-12(9)17)19-16(20)11-7-14(21-2)15(22-3)8-13(11)18/h4-8H,1-3H3,(H,19,20). The van der Waals surface area contributed by atoms with Crippen molar-refractivity contribution >= 4 is 34.2 Å². The van der Waals surface area contributed by atoms with Crippen molar-refractivity contribution < 1.29 is 18.7 Å². The van der Waals surface area contributed by atoms with Crippen molar-refractivity contribution in [1.82, 2.24) is 0 Å². The molecule has 4 nitrogen and oxygen atoms in total. The van der Waals surface area contributed by atoms with E-state index in [0.717, 1.165) is 0 Å². The third kappa shape index (κ3) is 3.49. The summed E-state index contributed by atoms with van der Waals surface area (Å²) in [7, 11) is 3.03. The van der Waals surface area contributed by atoms with E-state index < -0.39 is 0 Å². The van der Waals surface area contributed by atoms with Crippen LogP contribution in [0.25, 0.3) is 0 Å². The first kappa shape index (κ1) is 16.5. The van der Waals surface area contributed by atoms with E-state index in [1.54, 1.807) is 31.2 Å². The molecule has 0 bridgehead atoms. The van der Waals surface area contributed by atoms with E-state index in [-0.39, 0.29) is 11.7 Å². The van der Waals surface area contributed by atoms with Crippen LogP contribution in [0, 0.1) is 16.3 Å². The molecule has 2 aromatic carbocycles. The van der Waals surface area contributed by atoms with E-state index in [4.69, 9.17) is 9.47 Å². The Morgan fingerprint density at radius 1 is 1.14 bits per heavy atom. The number of rotatable bonds is 4. The minimum absolute atomic E-state index is 0.339. The lowest BCUT2D eigenvalue weighted by atomic mass is 10.1. The zero-order valence-electron chi connectivity index (χ0n) is 12.4. The Balaban J connectivity index is 2.31. The molecule has 0 heterocycles. The normalized spacial score (nSPS) is 10.2. The first-order valence-corrected chi connectivity index (χ1v) is 7.53. The molecule has 0 aliphatic carbocycles. The molecule has 0 spiro atoms. The molecular weight excluding hydrogens is 400 g/mol. The monoisotopic (exact) mass is 415 g/mol. The number of methoxy groups -OCH3 is 2. The van der Waals surface area contributed by atoms with Gasteiger partial charge in [-0.05, 0) is 59.3 Å².